The van der Waals surface area contributed by atoms with E-state index >= 15 is 0 Å². The highest BCUT2D eigenvalue weighted by atomic mass is 16.5. The van der Waals surface area contributed by atoms with E-state index in [0.717, 1.165) is 109 Å². The third kappa shape index (κ3) is 17.2. The van der Waals surface area contributed by atoms with Crippen LogP contribution in [0, 0.1) is 47.0 Å². The van der Waals surface area contributed by atoms with Crippen LogP contribution in [0.25, 0.3) is 65.9 Å². The molecule has 1 saturated heterocycles. The zero-order valence-corrected chi connectivity index (χ0v) is 58.8. The number of carbonyl (C=O) groups is 7. The number of ether oxygens (including phenoxy) is 1. The number of anilines is 1. The lowest BCUT2D eigenvalue weighted by molar-refractivity contribution is -0.128. The van der Waals surface area contributed by atoms with Crippen LogP contribution in [0.2, 0.25) is 0 Å². The van der Waals surface area contributed by atoms with Gasteiger partial charge in [-0.15, -0.1) is 0 Å². The summed E-state index contributed by atoms with van der Waals surface area (Å²) in [5, 5.41) is 48.8. The Kier molecular flexibility index (Phi) is 22.7. The van der Waals surface area contributed by atoms with Crippen molar-refractivity contribution < 1.29 is 59.1 Å². The lowest BCUT2D eigenvalue weighted by Crippen LogP contribution is -2.40. The maximum Gasteiger partial charge on any atom is 0.276 e. The topological polar surface area (TPSA) is 377 Å². The Morgan fingerprint density at radius 1 is 0.543 bits per heavy atom. The highest BCUT2D eigenvalue weighted by molar-refractivity contribution is 6.03. The van der Waals surface area contributed by atoms with Gasteiger partial charge in [0.15, 0.2) is 5.78 Å². The normalized spacial score (nSPS) is 12.8. The molecule has 26 heteroatoms. The smallest absolute Gasteiger partial charge is 0.276 e. The van der Waals surface area contributed by atoms with Crippen molar-refractivity contribution in [2.75, 3.05) is 18.4 Å². The van der Waals surface area contributed by atoms with Crippen molar-refractivity contribution in [1.29, 1.82) is 0 Å². The van der Waals surface area contributed by atoms with Crippen LogP contribution in [0.1, 0.15) is 129 Å². The molecule has 105 heavy (non-hydrogen) atoms. The Balaban J connectivity index is 0.000000141. The Bertz CT molecular complexity index is 5410. The maximum absolute atomic E-state index is 13.1. The molecule has 9 heterocycles. The molecule has 0 unspecified atom stereocenters. The van der Waals surface area contributed by atoms with Gasteiger partial charge in [-0.25, -0.2) is 26.9 Å². The fourth-order valence-corrected chi connectivity index (χ4v) is 12.7. The summed E-state index contributed by atoms with van der Waals surface area (Å²) in [6.45, 7) is 14.6. The lowest BCUT2D eigenvalue weighted by Gasteiger charge is -2.32. The largest absolute Gasteiger partial charge is 0.457 e. The van der Waals surface area contributed by atoms with Crippen molar-refractivity contribution in [2.45, 2.75) is 87.0 Å². The molecule has 534 valence electrons. The molecular weight excluding hydrogens is 1340 g/mol. The molecule has 0 saturated carbocycles. The fraction of sp³-hybridized carbons (Fsp3) is 0.215. The second-order valence-corrected chi connectivity index (χ2v) is 26.0. The van der Waals surface area contributed by atoms with Gasteiger partial charge in [-0.3, -0.25) is 84.0 Å². The first-order valence-corrected chi connectivity index (χ1v) is 33.6. The number of hydrogen-bond acceptors (Lipinski definition) is 20. The number of aryl methyl sites for hydroxylation is 7. The van der Waals surface area contributed by atoms with Crippen LogP contribution < -0.4 is 37.3 Å². The molecule has 0 aliphatic carbocycles. The number of aromatic nitrogens is 8. The van der Waals surface area contributed by atoms with Crippen LogP contribution in [0.5, 0.6) is 11.5 Å². The van der Waals surface area contributed by atoms with Crippen molar-refractivity contribution in [3.63, 3.8) is 0 Å². The lowest BCUT2D eigenvalue weighted by atomic mass is 9.75. The Morgan fingerprint density at radius 2 is 1.10 bits per heavy atom. The molecule has 0 radical (unpaired) electrons. The van der Waals surface area contributed by atoms with Gasteiger partial charge in [-0.2, -0.15) is 5.10 Å². The third-order valence-corrected chi connectivity index (χ3v) is 18.5. The van der Waals surface area contributed by atoms with Crippen molar-refractivity contribution in [3.05, 3.63) is 237 Å². The second kappa shape index (κ2) is 32.2. The summed E-state index contributed by atoms with van der Waals surface area (Å²) < 4.78 is 7.74. The fourth-order valence-electron chi connectivity index (χ4n) is 12.7. The molecule has 0 atom stereocenters. The molecule has 7 aromatic heterocycles. The number of hydrogen-bond donors (Lipinski definition) is 10. The summed E-state index contributed by atoms with van der Waals surface area (Å²) in [4.78, 5) is 110. The predicted octanol–water partition coefficient (Wildman–Crippen LogP) is 11.7. The van der Waals surface area contributed by atoms with Gasteiger partial charge in [-0.1, -0.05) is 31.2 Å². The minimum absolute atomic E-state index is 0.00554. The molecule has 5 aromatic carbocycles. The van der Waals surface area contributed by atoms with Gasteiger partial charge in [-0.05, 0) is 216 Å². The van der Waals surface area contributed by atoms with E-state index in [9.17, 15) is 33.6 Å². The summed E-state index contributed by atoms with van der Waals surface area (Å²) in [5.41, 5.74) is 21.9. The number of nitrogens with one attached hydrogen (secondary N) is 6. The number of pyridine rings is 6. The molecule has 26 nitrogen and oxygen atoms in total. The summed E-state index contributed by atoms with van der Waals surface area (Å²) in [6, 6.07) is 38.9. The van der Waals surface area contributed by atoms with Crippen molar-refractivity contribution in [2.24, 2.45) is 12.5 Å². The number of amides is 5. The number of fused-ring (bicyclic) bond motifs is 5. The zero-order valence-electron chi connectivity index (χ0n) is 58.8. The van der Waals surface area contributed by atoms with Crippen LogP contribution in [0.15, 0.2) is 158 Å². The van der Waals surface area contributed by atoms with E-state index in [-0.39, 0.29) is 34.9 Å². The van der Waals surface area contributed by atoms with Gasteiger partial charge >= 0.3 is 0 Å². The van der Waals surface area contributed by atoms with Gasteiger partial charge in [0.1, 0.15) is 23.1 Å². The van der Waals surface area contributed by atoms with Gasteiger partial charge in [0.25, 0.3) is 23.6 Å². The van der Waals surface area contributed by atoms with Gasteiger partial charge in [0, 0.05) is 94.7 Å². The predicted molar refractivity (Wildman–Crippen MR) is 392 cm³/mol. The van der Waals surface area contributed by atoms with E-state index in [4.69, 9.17) is 25.6 Å². The Morgan fingerprint density at radius 3 is 1.69 bits per heavy atom. The first-order valence-electron chi connectivity index (χ1n) is 33.6. The number of ketones is 2. The van der Waals surface area contributed by atoms with Crippen molar-refractivity contribution in [3.8, 4) is 33.8 Å². The number of nitrogens with zero attached hydrogens (tertiary/aromatic N) is 8. The first kappa shape index (κ1) is 73.8. The number of hydroxylamine groups is 4. The Labute approximate surface area is 602 Å². The molecule has 2 aliphatic rings. The van der Waals surface area contributed by atoms with Crippen LogP contribution in [-0.4, -0.2) is 115 Å². The highest BCUT2D eigenvalue weighted by Gasteiger charge is 2.34. The van der Waals surface area contributed by atoms with E-state index in [1.54, 1.807) is 128 Å². The van der Waals surface area contributed by atoms with Crippen LogP contribution in [0.4, 0.5) is 5.82 Å². The molecule has 10 N–H and O–H groups in total. The molecule has 5 amide bonds. The monoisotopic (exact) mass is 1410 g/mol. The number of rotatable bonds is 14. The van der Waals surface area contributed by atoms with Gasteiger partial charge in [0.05, 0.1) is 73.3 Å². The summed E-state index contributed by atoms with van der Waals surface area (Å²) in [7, 11) is 1.86. The molecule has 0 bridgehead atoms. The van der Waals surface area contributed by atoms with Crippen LogP contribution >= 0.6 is 0 Å². The molecular formula is C79H76N14O12. The van der Waals surface area contributed by atoms with E-state index in [1.807, 2.05) is 113 Å². The number of piperidine rings is 1. The number of carbonyl (C=O) groups excluding carboxylic acids is 7. The van der Waals surface area contributed by atoms with Crippen molar-refractivity contribution in [1.82, 2.24) is 66.9 Å². The maximum atomic E-state index is 13.1. The Hall–Kier alpha value is -12.5. The van der Waals surface area contributed by atoms with E-state index < -0.39 is 23.6 Å². The summed E-state index contributed by atoms with van der Waals surface area (Å²) >= 11 is 0. The minimum Gasteiger partial charge on any atom is -0.457 e. The average molecular weight is 1410 g/mol. The van der Waals surface area contributed by atoms with E-state index in [1.165, 1.54) is 0 Å². The minimum atomic E-state index is -0.618. The molecule has 1 fully saturated rings. The average Bonchev–Trinajstić information content (AvgIpc) is 1.13. The zero-order chi connectivity index (χ0) is 74.8. The van der Waals surface area contributed by atoms with Crippen LogP contribution in [0.3, 0.4) is 0 Å². The first-order chi connectivity index (χ1) is 50.4. The molecule has 0 spiro atoms. The molecule has 14 rings (SSSR count). The van der Waals surface area contributed by atoms with Crippen LogP contribution in [-0.2, 0) is 35.9 Å². The third-order valence-electron chi connectivity index (χ3n) is 18.5. The summed E-state index contributed by atoms with van der Waals surface area (Å²) in [5.74, 6) is -0.482. The number of benzene rings is 5. The quantitative estimate of drug-likeness (QED) is 0.0275. The van der Waals surface area contributed by atoms with Gasteiger partial charge in [0.2, 0.25) is 5.91 Å². The summed E-state index contributed by atoms with van der Waals surface area (Å²) in [6.07, 6.45) is 12.0. The number of Topliss-reactive ketones (excluding diaryl/α,β-unsaturated/α-hetero) is 2. The standard InChI is InChI=1S/C25H24N4O3.C19H16N4O4.C19H23N3O3.C16H13N3O2/c1-14-5-18(21-12-26-29(4)13-21)10-19(6-14)23(30)9-17-7-15(2)24-20(8-17)11-22(16(3)27-24)25(31)28-32;1-10-14(19(25)23-26)9-11-8-12(2-4-15(11)21-10)27-16-6-7-20-18-13(16)3-5-17(24)22-18;1-12-15(18(24)22-25)11-14-9-13(3-4-16(14)21-12)10-17(23)19(2)5-7-20-8-6-19;1-10-14(16(20)19-21)9-13-8-12(2-3-15(13)18-10)11-4-6-17-7-5-11/h5-8,10-13,32H,9H2,1-4H3,(H,28,31);2,4,6-9,26H,3,5H2,1H3,(H,23,25)(H,20,22,24);3-4,9,11,20,25H,5-8,10H2,1-2H3,(H,22,24);2-9,21H,1H3,(H,19,20). The second-order valence-electron chi connectivity index (χ2n) is 26.0. The SMILES string of the molecule is Cc1cc(C(=O)Cc2cc(C)c3nc(C)c(C(=O)NO)cc3c2)cc(-c2cnn(C)c2)c1.Cc1nc2ccc(-c3ccncc3)cc2cc1C(=O)NO.Cc1nc2ccc(CC(=O)C3(C)CCNCC3)cc2cc1C(=O)NO.Cc1nc2ccc(Oc3ccnc4c3CCC(=O)N4)cc2cc1C(=O)NO. The highest BCUT2D eigenvalue weighted by Crippen LogP contribution is 2.36. The van der Waals surface area contributed by atoms with Crippen molar-refractivity contribution >= 4 is 90.5 Å². The molecule has 12 aromatic rings. The molecule has 2 aliphatic heterocycles. The van der Waals surface area contributed by atoms with E-state index in [0.29, 0.717) is 92.5 Å². The van der Waals surface area contributed by atoms with E-state index in [2.05, 4.69) is 45.6 Å². The van der Waals surface area contributed by atoms with Gasteiger partial charge < -0.3 is 15.4 Å².